The number of nitrogen functional groups attached to an aromatic ring is 1. The van der Waals surface area contributed by atoms with Crippen LogP contribution in [0.25, 0.3) is 22.3 Å². The molecule has 0 aliphatic carbocycles. The van der Waals surface area contributed by atoms with Crippen molar-refractivity contribution < 1.29 is 4.74 Å². The van der Waals surface area contributed by atoms with Crippen molar-refractivity contribution in [2.45, 2.75) is 4.21 Å². The van der Waals surface area contributed by atoms with E-state index in [1.54, 1.807) is 30.2 Å². The van der Waals surface area contributed by atoms with E-state index in [1.165, 1.54) is 9.77 Å². The molecule has 3 rings (SSSR count). The number of methoxy groups -OCH3 is 1. The molecule has 2 nitrogen and oxygen atoms in total. The zero-order chi connectivity index (χ0) is 15.5. The Hall–Kier alpha value is -1.91. The summed E-state index contributed by atoms with van der Waals surface area (Å²) in [4.78, 5) is 0. The van der Waals surface area contributed by atoms with E-state index in [4.69, 9.17) is 10.5 Å². The lowest BCUT2D eigenvalue weighted by molar-refractivity contribution is 0.415. The van der Waals surface area contributed by atoms with Crippen LogP contribution in [0.1, 0.15) is 0 Å². The number of anilines is 1. The maximum absolute atomic E-state index is 6.32. The lowest BCUT2D eigenvalue weighted by Gasteiger charge is -2.09. The van der Waals surface area contributed by atoms with Crippen molar-refractivity contribution in [1.82, 2.24) is 0 Å². The summed E-state index contributed by atoms with van der Waals surface area (Å²) >= 11 is 3.39. The van der Waals surface area contributed by atoms with Crippen molar-refractivity contribution in [2.75, 3.05) is 19.1 Å². The van der Waals surface area contributed by atoms with E-state index >= 15 is 0 Å². The molecule has 2 aromatic carbocycles. The van der Waals surface area contributed by atoms with Gasteiger partial charge in [-0.1, -0.05) is 42.5 Å². The summed E-state index contributed by atoms with van der Waals surface area (Å²) in [5.41, 5.74) is 11.0. The number of thioether (sulfide) groups is 1. The van der Waals surface area contributed by atoms with Gasteiger partial charge in [0.05, 0.1) is 16.3 Å². The van der Waals surface area contributed by atoms with E-state index in [9.17, 15) is 0 Å². The highest BCUT2D eigenvalue weighted by Gasteiger charge is 2.19. The molecule has 1 heterocycles. The third kappa shape index (κ3) is 2.72. The third-order valence-electron chi connectivity index (χ3n) is 3.53. The van der Waals surface area contributed by atoms with Crippen molar-refractivity contribution in [3.8, 4) is 28.0 Å². The van der Waals surface area contributed by atoms with Gasteiger partial charge in [-0.2, -0.15) is 0 Å². The molecule has 2 N–H and O–H groups in total. The van der Waals surface area contributed by atoms with Crippen LogP contribution in [0.4, 0.5) is 5.00 Å². The standard InChI is InChI=1S/C18H17NOS2/c1-20-14-10-8-13(9-11-14)16-15(12-6-4-3-5-7-12)17(19)22-18(16)21-2/h3-11H,19H2,1-2H3. The molecule has 0 fully saturated rings. The van der Waals surface area contributed by atoms with E-state index in [0.29, 0.717) is 0 Å². The molecule has 0 atom stereocenters. The molecule has 112 valence electrons. The number of rotatable bonds is 4. The van der Waals surface area contributed by atoms with Crippen molar-refractivity contribution >= 4 is 28.1 Å². The molecule has 4 heteroatoms. The van der Waals surface area contributed by atoms with Gasteiger partial charge >= 0.3 is 0 Å². The van der Waals surface area contributed by atoms with E-state index in [0.717, 1.165) is 27.4 Å². The third-order valence-corrected chi connectivity index (χ3v) is 5.67. The number of nitrogens with two attached hydrogens (primary N) is 1. The number of benzene rings is 2. The molecule has 0 saturated carbocycles. The predicted molar refractivity (Wildman–Crippen MR) is 97.9 cm³/mol. The number of hydrogen-bond donors (Lipinski definition) is 1. The van der Waals surface area contributed by atoms with Gasteiger partial charge in [0.15, 0.2) is 0 Å². The minimum Gasteiger partial charge on any atom is -0.497 e. The van der Waals surface area contributed by atoms with Gasteiger partial charge in [0.1, 0.15) is 5.75 Å². The van der Waals surface area contributed by atoms with Crippen molar-refractivity contribution in [3.05, 3.63) is 54.6 Å². The molecular formula is C18H17NOS2. The first-order valence-corrected chi connectivity index (χ1v) is 8.94. The lowest BCUT2D eigenvalue weighted by Crippen LogP contribution is -1.88. The highest BCUT2D eigenvalue weighted by Crippen LogP contribution is 2.48. The van der Waals surface area contributed by atoms with Gasteiger partial charge in [0.25, 0.3) is 0 Å². The Morgan fingerprint density at radius 3 is 2.14 bits per heavy atom. The summed E-state index contributed by atoms with van der Waals surface area (Å²) in [6.07, 6.45) is 2.09. The van der Waals surface area contributed by atoms with Crippen molar-refractivity contribution in [1.29, 1.82) is 0 Å². The summed E-state index contributed by atoms with van der Waals surface area (Å²) in [6.45, 7) is 0. The highest BCUT2D eigenvalue weighted by molar-refractivity contribution is 8.00. The van der Waals surface area contributed by atoms with Gasteiger partial charge in [0, 0.05) is 11.1 Å². The Morgan fingerprint density at radius 2 is 1.55 bits per heavy atom. The second-order valence-electron chi connectivity index (χ2n) is 4.80. The first-order valence-electron chi connectivity index (χ1n) is 6.90. The zero-order valence-corrected chi connectivity index (χ0v) is 14.1. The summed E-state index contributed by atoms with van der Waals surface area (Å²) in [5, 5.41) is 0.862. The van der Waals surface area contributed by atoms with Crippen LogP contribution in [0.5, 0.6) is 5.75 Å². The largest absolute Gasteiger partial charge is 0.497 e. The van der Waals surface area contributed by atoms with Gasteiger partial charge in [0.2, 0.25) is 0 Å². The van der Waals surface area contributed by atoms with Crippen LogP contribution in [-0.4, -0.2) is 13.4 Å². The van der Waals surface area contributed by atoms with Crippen LogP contribution in [0.15, 0.2) is 58.8 Å². The maximum atomic E-state index is 6.32. The normalized spacial score (nSPS) is 10.6. The van der Waals surface area contributed by atoms with Crippen molar-refractivity contribution in [2.24, 2.45) is 0 Å². The predicted octanol–water partition coefficient (Wildman–Crippen LogP) is 5.39. The summed E-state index contributed by atoms with van der Waals surface area (Å²) in [5.74, 6) is 0.860. The van der Waals surface area contributed by atoms with Crippen LogP contribution < -0.4 is 10.5 Å². The minimum absolute atomic E-state index is 0.860. The first kappa shape index (κ1) is 15.0. The van der Waals surface area contributed by atoms with Gasteiger partial charge in [-0.3, -0.25) is 0 Å². The topological polar surface area (TPSA) is 35.2 Å². The number of ether oxygens (including phenoxy) is 1. The van der Waals surface area contributed by atoms with Gasteiger partial charge < -0.3 is 10.5 Å². The lowest BCUT2D eigenvalue weighted by atomic mass is 9.98. The Bertz CT molecular complexity index is 764. The molecular weight excluding hydrogens is 310 g/mol. The second-order valence-corrected chi connectivity index (χ2v) is 6.93. The van der Waals surface area contributed by atoms with Crippen LogP contribution >= 0.6 is 23.1 Å². The molecule has 0 bridgehead atoms. The maximum Gasteiger partial charge on any atom is 0.118 e. The monoisotopic (exact) mass is 327 g/mol. The van der Waals surface area contributed by atoms with Crippen LogP contribution in [-0.2, 0) is 0 Å². The number of hydrogen-bond acceptors (Lipinski definition) is 4. The van der Waals surface area contributed by atoms with E-state index in [-0.39, 0.29) is 0 Å². The van der Waals surface area contributed by atoms with Gasteiger partial charge in [-0.25, -0.2) is 0 Å². The first-order chi connectivity index (χ1) is 10.7. The molecule has 0 unspecified atom stereocenters. The highest BCUT2D eigenvalue weighted by atomic mass is 32.2. The van der Waals surface area contributed by atoms with Crippen LogP contribution in [0.3, 0.4) is 0 Å². The summed E-state index contributed by atoms with van der Waals surface area (Å²) < 4.78 is 6.49. The molecule has 0 aliphatic rings. The fourth-order valence-electron chi connectivity index (χ4n) is 2.48. The van der Waals surface area contributed by atoms with Gasteiger partial charge in [-0.05, 0) is 29.5 Å². The molecule has 22 heavy (non-hydrogen) atoms. The average Bonchev–Trinajstić information content (AvgIpc) is 2.92. The zero-order valence-electron chi connectivity index (χ0n) is 12.5. The van der Waals surface area contributed by atoms with Crippen LogP contribution in [0.2, 0.25) is 0 Å². The fourth-order valence-corrected chi connectivity index (χ4v) is 4.35. The fraction of sp³-hybridized carbons (Fsp3) is 0.111. The Labute approximate surface area is 138 Å². The molecule has 0 saturated heterocycles. The molecule has 0 spiro atoms. The second kappa shape index (κ2) is 6.46. The Balaban J connectivity index is 2.20. The smallest absolute Gasteiger partial charge is 0.118 e. The van der Waals surface area contributed by atoms with Crippen molar-refractivity contribution in [3.63, 3.8) is 0 Å². The Morgan fingerprint density at radius 1 is 0.909 bits per heavy atom. The minimum atomic E-state index is 0.860. The number of thiophene rings is 1. The van der Waals surface area contributed by atoms with Crippen LogP contribution in [0, 0.1) is 0 Å². The molecule has 0 radical (unpaired) electrons. The molecule has 1 aromatic heterocycles. The summed E-state index contributed by atoms with van der Waals surface area (Å²) in [7, 11) is 1.68. The summed E-state index contributed by atoms with van der Waals surface area (Å²) in [6, 6.07) is 18.5. The van der Waals surface area contributed by atoms with Gasteiger partial charge in [-0.15, -0.1) is 23.1 Å². The quantitative estimate of drug-likeness (QED) is 0.652. The Kier molecular flexibility index (Phi) is 4.41. The SMILES string of the molecule is COc1ccc(-c2c(SC)sc(N)c2-c2ccccc2)cc1. The molecule has 0 amide bonds. The average molecular weight is 327 g/mol. The molecule has 0 aliphatic heterocycles. The molecule has 3 aromatic rings. The van der Waals surface area contributed by atoms with E-state index in [1.807, 2.05) is 30.3 Å². The van der Waals surface area contributed by atoms with E-state index in [2.05, 4.69) is 30.5 Å². The van der Waals surface area contributed by atoms with E-state index < -0.39 is 0 Å².